The van der Waals surface area contributed by atoms with Crippen LogP contribution in [0.5, 0.6) is 11.5 Å². The Kier molecular flexibility index (Phi) is 5.85. The van der Waals surface area contributed by atoms with Gasteiger partial charge in [-0.15, -0.1) is 0 Å². The third-order valence-corrected chi connectivity index (χ3v) is 3.70. The standard InChI is InChI=1S/C19H16N2O7/c22-18(20-14-6-7-16-17(11-14)27-10-9-26-16)12-28-19(23)8-5-13-3-1-2-4-15(13)21(24)25/h1-8,11H,9-10,12H2,(H,20,22)/b8-5+. The molecule has 1 amide bonds. The summed E-state index contributed by atoms with van der Waals surface area (Å²) < 4.78 is 15.7. The summed E-state index contributed by atoms with van der Waals surface area (Å²) in [5.41, 5.74) is 0.592. The molecule has 0 spiro atoms. The monoisotopic (exact) mass is 384 g/mol. The van der Waals surface area contributed by atoms with Crippen molar-refractivity contribution in [3.63, 3.8) is 0 Å². The second-order valence-corrected chi connectivity index (χ2v) is 5.66. The van der Waals surface area contributed by atoms with Gasteiger partial charge >= 0.3 is 5.97 Å². The number of anilines is 1. The smallest absolute Gasteiger partial charge is 0.331 e. The largest absolute Gasteiger partial charge is 0.486 e. The Balaban J connectivity index is 1.52. The lowest BCUT2D eigenvalue weighted by molar-refractivity contribution is -0.385. The van der Waals surface area contributed by atoms with E-state index >= 15 is 0 Å². The van der Waals surface area contributed by atoms with Crippen molar-refractivity contribution in [2.45, 2.75) is 0 Å². The fraction of sp³-hybridized carbons (Fsp3) is 0.158. The number of fused-ring (bicyclic) bond motifs is 1. The molecular formula is C19H16N2O7. The molecule has 9 heteroatoms. The van der Waals surface area contributed by atoms with Gasteiger partial charge in [-0.2, -0.15) is 0 Å². The Hall–Kier alpha value is -3.88. The van der Waals surface area contributed by atoms with E-state index in [-0.39, 0.29) is 11.3 Å². The lowest BCUT2D eigenvalue weighted by Crippen LogP contribution is -2.20. The van der Waals surface area contributed by atoms with Crippen molar-refractivity contribution in [3.8, 4) is 11.5 Å². The summed E-state index contributed by atoms with van der Waals surface area (Å²) in [7, 11) is 0. The van der Waals surface area contributed by atoms with Crippen LogP contribution in [0.3, 0.4) is 0 Å². The molecule has 0 aliphatic carbocycles. The van der Waals surface area contributed by atoms with Crippen LogP contribution in [-0.2, 0) is 14.3 Å². The molecule has 0 radical (unpaired) electrons. The zero-order valence-corrected chi connectivity index (χ0v) is 14.6. The van der Waals surface area contributed by atoms with E-state index in [9.17, 15) is 19.7 Å². The first-order valence-electron chi connectivity index (χ1n) is 8.31. The molecule has 0 aromatic heterocycles. The van der Waals surface area contributed by atoms with Gasteiger partial charge in [0.05, 0.1) is 10.5 Å². The summed E-state index contributed by atoms with van der Waals surface area (Å²) in [6.07, 6.45) is 2.29. The van der Waals surface area contributed by atoms with Crippen molar-refractivity contribution in [2.75, 3.05) is 25.1 Å². The van der Waals surface area contributed by atoms with Crippen LogP contribution < -0.4 is 14.8 Å². The zero-order valence-electron chi connectivity index (χ0n) is 14.6. The number of amides is 1. The van der Waals surface area contributed by atoms with E-state index < -0.39 is 23.4 Å². The Labute approximate surface area is 159 Å². The first kappa shape index (κ1) is 18.9. The number of nitro benzene ring substituents is 1. The Morgan fingerprint density at radius 1 is 1.14 bits per heavy atom. The van der Waals surface area contributed by atoms with Gasteiger partial charge in [0.15, 0.2) is 18.1 Å². The number of esters is 1. The molecule has 144 valence electrons. The highest BCUT2D eigenvalue weighted by molar-refractivity contribution is 5.95. The molecule has 0 unspecified atom stereocenters. The van der Waals surface area contributed by atoms with Gasteiger partial charge in [-0.05, 0) is 24.3 Å². The average molecular weight is 384 g/mol. The van der Waals surface area contributed by atoms with E-state index in [0.717, 1.165) is 6.08 Å². The van der Waals surface area contributed by atoms with Gasteiger partial charge in [0.25, 0.3) is 11.6 Å². The van der Waals surface area contributed by atoms with E-state index in [0.29, 0.717) is 30.4 Å². The predicted octanol–water partition coefficient (Wildman–Crippen LogP) is 2.56. The molecule has 0 saturated heterocycles. The van der Waals surface area contributed by atoms with Crippen LogP contribution in [-0.4, -0.2) is 36.6 Å². The summed E-state index contributed by atoms with van der Waals surface area (Å²) in [6.45, 7) is 0.386. The van der Waals surface area contributed by atoms with E-state index in [1.165, 1.54) is 24.3 Å². The number of para-hydroxylation sites is 1. The first-order chi connectivity index (χ1) is 13.5. The number of hydrogen-bond donors (Lipinski definition) is 1. The Morgan fingerprint density at radius 2 is 1.89 bits per heavy atom. The molecule has 2 aromatic carbocycles. The van der Waals surface area contributed by atoms with E-state index in [1.807, 2.05) is 0 Å². The molecule has 28 heavy (non-hydrogen) atoms. The van der Waals surface area contributed by atoms with Gasteiger partial charge in [0.2, 0.25) is 0 Å². The number of rotatable bonds is 6. The van der Waals surface area contributed by atoms with E-state index in [4.69, 9.17) is 14.2 Å². The van der Waals surface area contributed by atoms with Crippen molar-refractivity contribution in [2.24, 2.45) is 0 Å². The highest BCUT2D eigenvalue weighted by atomic mass is 16.6. The quantitative estimate of drug-likeness (QED) is 0.352. The van der Waals surface area contributed by atoms with Gasteiger partial charge in [-0.1, -0.05) is 12.1 Å². The molecule has 1 N–H and O–H groups in total. The number of carbonyl (C=O) groups excluding carboxylic acids is 2. The van der Waals surface area contributed by atoms with Gasteiger partial charge in [-0.3, -0.25) is 14.9 Å². The number of carbonyl (C=O) groups is 2. The first-order valence-corrected chi connectivity index (χ1v) is 8.31. The van der Waals surface area contributed by atoms with E-state index in [2.05, 4.69) is 5.32 Å². The molecule has 0 saturated carbocycles. The van der Waals surface area contributed by atoms with E-state index in [1.54, 1.807) is 24.3 Å². The summed E-state index contributed by atoms with van der Waals surface area (Å²) in [4.78, 5) is 34.1. The Bertz CT molecular complexity index is 940. The molecule has 0 bridgehead atoms. The highest BCUT2D eigenvalue weighted by Gasteiger charge is 2.14. The number of nitrogens with one attached hydrogen (secondary N) is 1. The van der Waals surface area contributed by atoms with Crippen molar-refractivity contribution >= 4 is 29.3 Å². The number of nitrogens with zero attached hydrogens (tertiary/aromatic N) is 1. The summed E-state index contributed by atoms with van der Waals surface area (Å²) in [5, 5.41) is 13.5. The minimum atomic E-state index is -0.796. The van der Waals surface area contributed by atoms with Crippen LogP contribution in [0, 0.1) is 10.1 Å². The fourth-order valence-electron chi connectivity index (χ4n) is 2.46. The van der Waals surface area contributed by atoms with Crippen molar-refractivity contribution in [1.82, 2.24) is 0 Å². The van der Waals surface area contributed by atoms with Crippen LogP contribution in [0.4, 0.5) is 11.4 Å². The molecule has 9 nitrogen and oxygen atoms in total. The SMILES string of the molecule is O=C(COC(=O)/C=C/c1ccccc1[N+](=O)[O-])Nc1ccc2c(c1)OCCO2. The maximum Gasteiger partial charge on any atom is 0.331 e. The van der Waals surface area contributed by atoms with Crippen molar-refractivity contribution < 1.29 is 28.7 Å². The number of ether oxygens (including phenoxy) is 3. The second kappa shape index (κ2) is 8.67. The van der Waals surface area contributed by atoms with Crippen LogP contribution >= 0.6 is 0 Å². The van der Waals surface area contributed by atoms with Gasteiger partial charge in [-0.25, -0.2) is 4.79 Å². The van der Waals surface area contributed by atoms with Crippen molar-refractivity contribution in [3.05, 3.63) is 64.2 Å². The third kappa shape index (κ3) is 4.85. The minimum absolute atomic E-state index is 0.136. The lowest BCUT2D eigenvalue weighted by atomic mass is 10.1. The normalized spacial score (nSPS) is 12.4. The topological polar surface area (TPSA) is 117 Å². The molecule has 1 heterocycles. The second-order valence-electron chi connectivity index (χ2n) is 5.66. The highest BCUT2D eigenvalue weighted by Crippen LogP contribution is 2.32. The van der Waals surface area contributed by atoms with Crippen LogP contribution in [0.25, 0.3) is 6.08 Å². The molecule has 2 aromatic rings. The van der Waals surface area contributed by atoms with Crippen molar-refractivity contribution in [1.29, 1.82) is 0 Å². The summed E-state index contributed by atoms with van der Waals surface area (Å²) >= 11 is 0. The number of hydrogen-bond acceptors (Lipinski definition) is 7. The molecule has 0 fully saturated rings. The van der Waals surface area contributed by atoms with Gasteiger partial charge < -0.3 is 19.5 Å². The van der Waals surface area contributed by atoms with Crippen LogP contribution in [0.1, 0.15) is 5.56 Å². The summed E-state index contributed by atoms with van der Waals surface area (Å²) in [5.74, 6) is -0.219. The fourth-order valence-corrected chi connectivity index (χ4v) is 2.46. The molecule has 1 aliphatic heterocycles. The number of nitro groups is 1. The van der Waals surface area contributed by atoms with Crippen LogP contribution in [0.15, 0.2) is 48.5 Å². The molecule has 3 rings (SSSR count). The maximum absolute atomic E-state index is 11.9. The lowest BCUT2D eigenvalue weighted by Gasteiger charge is -2.18. The minimum Gasteiger partial charge on any atom is -0.486 e. The average Bonchev–Trinajstić information content (AvgIpc) is 2.70. The van der Waals surface area contributed by atoms with Gasteiger partial charge in [0, 0.05) is 23.9 Å². The molecular weight excluding hydrogens is 368 g/mol. The van der Waals surface area contributed by atoms with Crippen LogP contribution in [0.2, 0.25) is 0 Å². The Morgan fingerprint density at radius 3 is 2.68 bits per heavy atom. The number of benzene rings is 2. The third-order valence-electron chi connectivity index (χ3n) is 3.70. The predicted molar refractivity (Wildman–Crippen MR) is 99.2 cm³/mol. The molecule has 1 aliphatic rings. The maximum atomic E-state index is 11.9. The van der Waals surface area contributed by atoms with Gasteiger partial charge in [0.1, 0.15) is 13.2 Å². The summed E-state index contributed by atoms with van der Waals surface area (Å²) in [6, 6.07) is 10.9. The zero-order chi connectivity index (χ0) is 19.9. The molecule has 0 atom stereocenters.